The van der Waals surface area contributed by atoms with Crippen molar-refractivity contribution in [3.8, 4) is 11.5 Å². The lowest BCUT2D eigenvalue weighted by molar-refractivity contribution is 0.354. The predicted molar refractivity (Wildman–Crippen MR) is 107 cm³/mol. The van der Waals surface area contributed by atoms with Gasteiger partial charge in [0.25, 0.3) is 5.56 Å². The van der Waals surface area contributed by atoms with Crippen molar-refractivity contribution in [3.05, 3.63) is 67.7 Å². The third-order valence-electron chi connectivity index (χ3n) is 4.65. The van der Waals surface area contributed by atoms with E-state index in [1.54, 1.807) is 26.5 Å². The highest BCUT2D eigenvalue weighted by molar-refractivity contribution is 6.36. The minimum atomic E-state index is -0.139. The maximum Gasteiger partial charge on any atom is 0.261 e. The average molecular weight is 403 g/mol. The number of methoxy groups -OCH3 is 2. The first-order valence-electron chi connectivity index (χ1n) is 8.35. The number of hydrogen-bond donors (Lipinski definition) is 0. The molecular weight excluding hydrogens is 387 g/mol. The Morgan fingerprint density at radius 2 is 2.00 bits per heavy atom. The normalized spacial score (nSPS) is 14.6. The summed E-state index contributed by atoms with van der Waals surface area (Å²) in [6.45, 7) is 0. The zero-order chi connectivity index (χ0) is 19.1. The Bertz CT molecular complexity index is 1150. The lowest BCUT2D eigenvalue weighted by Crippen LogP contribution is -2.20. The molecule has 0 aliphatic heterocycles. The van der Waals surface area contributed by atoms with Gasteiger partial charge in [0.1, 0.15) is 0 Å². The second-order valence-corrected chi connectivity index (χ2v) is 7.04. The van der Waals surface area contributed by atoms with Crippen molar-refractivity contribution in [2.75, 3.05) is 14.2 Å². The van der Waals surface area contributed by atoms with E-state index in [2.05, 4.69) is 4.98 Å². The van der Waals surface area contributed by atoms with E-state index in [4.69, 9.17) is 32.7 Å². The molecule has 0 amide bonds. The van der Waals surface area contributed by atoms with Crippen LogP contribution in [0.2, 0.25) is 10.0 Å². The SMILES string of the molecule is COc1cccc(C=C2CCc3c2nc2c(Cl)cc(Cl)cn2c3=O)c1OC. The third kappa shape index (κ3) is 2.97. The molecule has 7 heteroatoms. The molecule has 0 bridgehead atoms. The number of nitrogens with zero attached hydrogens (tertiary/aromatic N) is 2. The first kappa shape index (κ1) is 17.9. The Morgan fingerprint density at radius 3 is 2.74 bits per heavy atom. The smallest absolute Gasteiger partial charge is 0.261 e. The molecule has 3 aromatic rings. The van der Waals surface area contributed by atoms with Crippen molar-refractivity contribution in [3.63, 3.8) is 0 Å². The van der Waals surface area contributed by atoms with E-state index in [0.717, 1.165) is 11.1 Å². The summed E-state index contributed by atoms with van der Waals surface area (Å²) in [5, 5.41) is 0.735. The molecule has 0 atom stereocenters. The van der Waals surface area contributed by atoms with Crippen LogP contribution >= 0.6 is 23.2 Å². The minimum absolute atomic E-state index is 0.139. The molecule has 0 saturated heterocycles. The molecule has 1 aliphatic carbocycles. The second kappa shape index (κ2) is 6.91. The van der Waals surface area contributed by atoms with Gasteiger partial charge in [-0.25, -0.2) is 4.98 Å². The average Bonchev–Trinajstić information content (AvgIpc) is 3.05. The van der Waals surface area contributed by atoms with E-state index in [9.17, 15) is 4.79 Å². The highest BCUT2D eigenvalue weighted by Gasteiger charge is 2.24. The van der Waals surface area contributed by atoms with E-state index < -0.39 is 0 Å². The molecule has 0 unspecified atom stereocenters. The monoisotopic (exact) mass is 402 g/mol. The summed E-state index contributed by atoms with van der Waals surface area (Å²) in [7, 11) is 3.20. The van der Waals surface area contributed by atoms with Gasteiger partial charge in [0.15, 0.2) is 17.1 Å². The summed E-state index contributed by atoms with van der Waals surface area (Å²) in [5.74, 6) is 1.29. The van der Waals surface area contributed by atoms with Crippen molar-refractivity contribution >= 4 is 40.5 Å². The summed E-state index contributed by atoms with van der Waals surface area (Å²) < 4.78 is 12.3. The van der Waals surface area contributed by atoms with Crippen molar-refractivity contribution in [1.29, 1.82) is 0 Å². The number of fused-ring (bicyclic) bond motifs is 2. The Balaban J connectivity index is 1.92. The molecule has 2 heterocycles. The fraction of sp³-hybridized carbons (Fsp3) is 0.200. The van der Waals surface area contributed by atoms with Gasteiger partial charge >= 0.3 is 0 Å². The first-order valence-corrected chi connectivity index (χ1v) is 9.11. The van der Waals surface area contributed by atoms with Crippen LogP contribution in [-0.2, 0) is 6.42 Å². The molecule has 138 valence electrons. The van der Waals surface area contributed by atoms with Crippen LogP contribution < -0.4 is 15.0 Å². The molecule has 0 saturated carbocycles. The van der Waals surface area contributed by atoms with Crippen LogP contribution in [0.25, 0.3) is 17.3 Å². The van der Waals surface area contributed by atoms with Gasteiger partial charge in [-0.1, -0.05) is 35.3 Å². The van der Waals surface area contributed by atoms with E-state index in [-0.39, 0.29) is 5.56 Å². The maximum absolute atomic E-state index is 12.9. The van der Waals surface area contributed by atoms with Crippen LogP contribution in [-0.4, -0.2) is 23.6 Å². The van der Waals surface area contributed by atoms with Gasteiger partial charge in [-0.3, -0.25) is 9.20 Å². The van der Waals surface area contributed by atoms with Crippen LogP contribution in [0, 0.1) is 0 Å². The highest BCUT2D eigenvalue weighted by Crippen LogP contribution is 2.37. The Hall–Kier alpha value is -2.50. The zero-order valence-electron chi connectivity index (χ0n) is 14.8. The lowest BCUT2D eigenvalue weighted by atomic mass is 10.1. The largest absolute Gasteiger partial charge is 0.493 e. The molecule has 4 rings (SSSR count). The Kier molecular flexibility index (Phi) is 4.58. The van der Waals surface area contributed by atoms with Gasteiger partial charge in [-0.2, -0.15) is 0 Å². The molecule has 0 spiro atoms. The topological polar surface area (TPSA) is 52.8 Å². The molecule has 5 nitrogen and oxygen atoms in total. The molecular formula is C20H16Cl2N2O3. The fourth-order valence-corrected chi connectivity index (χ4v) is 3.94. The van der Waals surface area contributed by atoms with Gasteiger partial charge in [-0.15, -0.1) is 0 Å². The number of allylic oxidation sites excluding steroid dienone is 1. The van der Waals surface area contributed by atoms with Gasteiger partial charge in [-0.05, 0) is 36.6 Å². The number of para-hydroxylation sites is 1. The van der Waals surface area contributed by atoms with E-state index in [1.807, 2.05) is 24.3 Å². The fourth-order valence-electron chi connectivity index (χ4n) is 3.43. The molecule has 1 aromatic carbocycles. The summed E-state index contributed by atoms with van der Waals surface area (Å²) in [4.78, 5) is 17.5. The van der Waals surface area contributed by atoms with Crippen LogP contribution in [0.1, 0.15) is 23.2 Å². The maximum atomic E-state index is 12.9. The Morgan fingerprint density at radius 1 is 1.19 bits per heavy atom. The lowest BCUT2D eigenvalue weighted by Gasteiger charge is -2.11. The van der Waals surface area contributed by atoms with E-state index in [0.29, 0.717) is 51.3 Å². The number of rotatable bonds is 3. The first-order chi connectivity index (χ1) is 13.0. The predicted octanol–water partition coefficient (Wildman–Crippen LogP) is 4.51. The van der Waals surface area contributed by atoms with Gasteiger partial charge in [0, 0.05) is 17.3 Å². The number of benzene rings is 1. The molecule has 2 aromatic heterocycles. The van der Waals surface area contributed by atoms with Gasteiger partial charge < -0.3 is 9.47 Å². The van der Waals surface area contributed by atoms with E-state index >= 15 is 0 Å². The van der Waals surface area contributed by atoms with Crippen molar-refractivity contribution < 1.29 is 9.47 Å². The third-order valence-corrected chi connectivity index (χ3v) is 5.14. The molecule has 0 N–H and O–H groups in total. The molecule has 1 aliphatic rings. The molecule has 0 fully saturated rings. The number of hydrogen-bond acceptors (Lipinski definition) is 4. The molecule has 0 radical (unpaired) electrons. The number of pyridine rings is 1. The van der Waals surface area contributed by atoms with Gasteiger partial charge in [0.2, 0.25) is 0 Å². The zero-order valence-corrected chi connectivity index (χ0v) is 16.3. The summed E-state index contributed by atoms with van der Waals surface area (Å²) in [6, 6.07) is 7.25. The number of aromatic nitrogens is 2. The minimum Gasteiger partial charge on any atom is -0.493 e. The van der Waals surface area contributed by atoms with Crippen molar-refractivity contribution in [2.45, 2.75) is 12.8 Å². The van der Waals surface area contributed by atoms with Crippen LogP contribution in [0.4, 0.5) is 0 Å². The quantitative estimate of drug-likeness (QED) is 0.646. The summed E-state index contributed by atoms with van der Waals surface area (Å²) >= 11 is 12.3. The van der Waals surface area contributed by atoms with Crippen LogP contribution in [0.15, 0.2) is 35.3 Å². The number of ether oxygens (including phenoxy) is 2. The number of halogens is 2. The summed E-state index contributed by atoms with van der Waals surface area (Å²) in [5.41, 5.74) is 3.43. The second-order valence-electron chi connectivity index (χ2n) is 6.20. The molecule has 27 heavy (non-hydrogen) atoms. The van der Waals surface area contributed by atoms with Crippen LogP contribution in [0.3, 0.4) is 0 Å². The van der Waals surface area contributed by atoms with E-state index in [1.165, 1.54) is 4.40 Å². The van der Waals surface area contributed by atoms with Crippen LogP contribution in [0.5, 0.6) is 11.5 Å². The highest BCUT2D eigenvalue weighted by atomic mass is 35.5. The summed E-state index contributed by atoms with van der Waals surface area (Å²) in [6.07, 6.45) is 4.86. The van der Waals surface area contributed by atoms with Crippen molar-refractivity contribution in [1.82, 2.24) is 9.38 Å². The van der Waals surface area contributed by atoms with Gasteiger partial charge in [0.05, 0.1) is 30.0 Å². The van der Waals surface area contributed by atoms with Crippen molar-refractivity contribution in [2.24, 2.45) is 0 Å². The standard InChI is InChI=1S/C20H16Cl2N2O3/c1-26-16-5-3-4-12(18(16)27-2)8-11-6-7-14-17(11)23-19-15(22)9-13(21)10-24(19)20(14)25/h3-5,8-10H,6-7H2,1-2H3. The Labute approximate surface area is 165 Å².